The lowest BCUT2D eigenvalue weighted by atomic mass is 10.1. The number of aliphatic hydroxyl groups excluding tert-OH is 1. The summed E-state index contributed by atoms with van der Waals surface area (Å²) < 4.78 is 19.5. The van der Waals surface area contributed by atoms with Gasteiger partial charge in [0.1, 0.15) is 23.8 Å². The minimum Gasteiger partial charge on any atom is -0.487 e. The number of amides is 1. The summed E-state index contributed by atoms with van der Waals surface area (Å²) in [4.78, 5) is 16.9. The predicted molar refractivity (Wildman–Crippen MR) is 122 cm³/mol. The van der Waals surface area contributed by atoms with Crippen LogP contribution in [0.4, 0.5) is 10.1 Å². The van der Waals surface area contributed by atoms with Crippen molar-refractivity contribution in [2.24, 2.45) is 0 Å². The first kappa shape index (κ1) is 22.3. The average molecular weight is 440 g/mol. The van der Waals surface area contributed by atoms with Crippen LogP contribution in [0.25, 0.3) is 0 Å². The highest BCUT2D eigenvalue weighted by Crippen LogP contribution is 2.31. The van der Waals surface area contributed by atoms with E-state index in [9.17, 15) is 14.3 Å². The van der Waals surface area contributed by atoms with Crippen LogP contribution in [0.3, 0.4) is 0 Å². The molecule has 2 fully saturated rings. The van der Waals surface area contributed by atoms with Crippen LogP contribution in [0.15, 0.2) is 67.3 Å². The van der Waals surface area contributed by atoms with Crippen molar-refractivity contribution in [1.29, 1.82) is 0 Å². The maximum atomic E-state index is 13.6. The van der Waals surface area contributed by atoms with Crippen molar-refractivity contribution in [2.45, 2.75) is 37.1 Å². The number of halogens is 1. The van der Waals surface area contributed by atoms with E-state index in [0.717, 1.165) is 26.2 Å². The zero-order valence-corrected chi connectivity index (χ0v) is 18.1. The lowest BCUT2D eigenvalue weighted by Gasteiger charge is -2.42. The van der Waals surface area contributed by atoms with Crippen LogP contribution in [0.2, 0.25) is 0 Å². The van der Waals surface area contributed by atoms with Gasteiger partial charge in [-0.05, 0) is 24.3 Å². The number of ether oxygens (including phenoxy) is 1. The maximum Gasteiger partial charge on any atom is 0.224 e. The molecule has 0 radical (unpaired) electrons. The molecule has 170 valence electrons. The van der Waals surface area contributed by atoms with Gasteiger partial charge < -0.3 is 20.1 Å². The second-order valence-corrected chi connectivity index (χ2v) is 8.36. The third-order valence-corrected chi connectivity index (χ3v) is 6.25. The van der Waals surface area contributed by atoms with E-state index in [-0.39, 0.29) is 30.2 Å². The van der Waals surface area contributed by atoms with E-state index in [1.165, 1.54) is 17.8 Å². The minimum atomic E-state index is -0.810. The molecule has 6 nitrogen and oxygen atoms in total. The van der Waals surface area contributed by atoms with Crippen LogP contribution >= 0.6 is 0 Å². The van der Waals surface area contributed by atoms with Crippen LogP contribution in [0.1, 0.15) is 12.8 Å². The van der Waals surface area contributed by atoms with E-state index in [2.05, 4.69) is 33.8 Å². The Morgan fingerprint density at radius 2 is 1.91 bits per heavy atom. The first-order valence-electron chi connectivity index (χ1n) is 11.1. The highest BCUT2D eigenvalue weighted by molar-refractivity contribution is 5.77. The number of hydrogen-bond acceptors (Lipinski definition) is 5. The number of carbonyl (C=O) groups excluding carboxylic acids is 1. The number of piperazine rings is 1. The lowest BCUT2D eigenvalue weighted by Crippen LogP contribution is -2.59. The smallest absolute Gasteiger partial charge is 0.224 e. The molecule has 1 heterocycles. The van der Waals surface area contributed by atoms with E-state index in [1.54, 1.807) is 18.2 Å². The highest BCUT2D eigenvalue weighted by Gasteiger charge is 2.47. The summed E-state index contributed by atoms with van der Waals surface area (Å²) in [6.45, 7) is 6.81. The molecule has 7 heteroatoms. The van der Waals surface area contributed by atoms with E-state index in [0.29, 0.717) is 12.2 Å². The molecule has 0 bridgehead atoms. The average Bonchev–Trinajstić information content (AvgIpc) is 3.09. The molecule has 2 aromatic rings. The molecule has 1 amide bonds. The Morgan fingerprint density at radius 1 is 1.16 bits per heavy atom. The summed E-state index contributed by atoms with van der Waals surface area (Å²) >= 11 is 0. The zero-order chi connectivity index (χ0) is 22.5. The monoisotopic (exact) mass is 439 g/mol. The van der Waals surface area contributed by atoms with E-state index >= 15 is 0 Å². The van der Waals surface area contributed by atoms with Crippen LogP contribution in [-0.2, 0) is 4.79 Å². The summed E-state index contributed by atoms with van der Waals surface area (Å²) in [6.07, 6.45) is 0.883. The molecule has 1 saturated carbocycles. The minimum absolute atomic E-state index is 0.128. The molecule has 32 heavy (non-hydrogen) atoms. The molecule has 1 aliphatic carbocycles. The molecular weight excluding hydrogens is 409 g/mol. The molecule has 2 N–H and O–H groups in total. The van der Waals surface area contributed by atoms with Crippen LogP contribution < -0.4 is 15.0 Å². The van der Waals surface area contributed by atoms with Crippen molar-refractivity contribution >= 4 is 11.6 Å². The quantitative estimate of drug-likeness (QED) is 0.650. The fourth-order valence-electron chi connectivity index (χ4n) is 4.75. The van der Waals surface area contributed by atoms with E-state index in [4.69, 9.17) is 4.74 Å². The highest BCUT2D eigenvalue weighted by atomic mass is 19.1. The Balaban J connectivity index is 1.47. The summed E-state index contributed by atoms with van der Waals surface area (Å²) in [5.74, 6) is -0.143. The number of aliphatic hydroxyl groups is 1. The maximum absolute atomic E-state index is 13.6. The Bertz CT molecular complexity index is 918. The molecule has 1 aliphatic heterocycles. The van der Waals surface area contributed by atoms with Crippen molar-refractivity contribution in [2.75, 3.05) is 31.1 Å². The molecule has 4 atom stereocenters. The van der Waals surface area contributed by atoms with Gasteiger partial charge in [-0.15, -0.1) is 6.58 Å². The Hall–Kier alpha value is -2.90. The lowest BCUT2D eigenvalue weighted by molar-refractivity contribution is -0.121. The second kappa shape index (κ2) is 10.1. The van der Waals surface area contributed by atoms with Gasteiger partial charge in [0.2, 0.25) is 5.91 Å². The summed E-state index contributed by atoms with van der Waals surface area (Å²) in [7, 11) is 0. The number of para-hydroxylation sites is 1. The SMILES string of the molecule is C=CCC(=O)N[C@@H]1C[C@@H](Oc2cccc(F)c2)[C@H](O)[C@H]1N1CCN(c2ccccc2)CC1. The van der Waals surface area contributed by atoms with E-state index in [1.807, 2.05) is 18.2 Å². The molecular formula is C25H30FN3O3. The summed E-state index contributed by atoms with van der Waals surface area (Å²) in [6, 6.07) is 15.6. The number of carbonyl (C=O) groups is 1. The number of benzene rings is 2. The molecule has 1 saturated heterocycles. The normalized spacial score (nSPS) is 26.0. The van der Waals surface area contributed by atoms with Gasteiger partial charge in [0.05, 0.1) is 12.1 Å². The van der Waals surface area contributed by atoms with Crippen molar-refractivity contribution in [3.05, 3.63) is 73.1 Å². The first-order valence-corrected chi connectivity index (χ1v) is 11.1. The number of nitrogens with zero attached hydrogens (tertiary/aromatic N) is 2. The van der Waals surface area contributed by atoms with Gasteiger partial charge in [0.15, 0.2) is 0 Å². The largest absolute Gasteiger partial charge is 0.487 e. The van der Waals surface area contributed by atoms with Crippen molar-refractivity contribution < 1.29 is 19.0 Å². The Labute approximate surface area is 188 Å². The molecule has 0 unspecified atom stereocenters. The third-order valence-electron chi connectivity index (χ3n) is 6.25. The number of hydrogen-bond donors (Lipinski definition) is 2. The molecule has 4 rings (SSSR count). The summed E-state index contributed by atoms with van der Waals surface area (Å²) in [5.41, 5.74) is 1.18. The fraction of sp³-hybridized carbons (Fsp3) is 0.400. The van der Waals surface area contributed by atoms with Crippen molar-refractivity contribution in [3.8, 4) is 5.75 Å². The molecule has 0 spiro atoms. The van der Waals surface area contributed by atoms with Crippen molar-refractivity contribution in [3.63, 3.8) is 0 Å². The van der Waals surface area contributed by atoms with Gasteiger partial charge in [0.25, 0.3) is 0 Å². The van der Waals surface area contributed by atoms with Gasteiger partial charge in [-0.25, -0.2) is 4.39 Å². The standard InChI is InChI=1S/C25H30FN3O3/c1-2-7-23(30)27-21-17-22(32-20-11-6-8-18(26)16-20)25(31)24(21)29-14-12-28(13-15-29)19-9-4-3-5-10-19/h2-6,8-11,16,21-22,24-25,31H,1,7,12-15,17H2,(H,27,30)/t21-,22-,24+,25+/m1/s1. The second-order valence-electron chi connectivity index (χ2n) is 8.36. The van der Waals surface area contributed by atoms with Gasteiger partial charge in [0, 0.05) is 50.8 Å². The van der Waals surface area contributed by atoms with Gasteiger partial charge in [-0.3, -0.25) is 9.69 Å². The van der Waals surface area contributed by atoms with Gasteiger partial charge in [-0.2, -0.15) is 0 Å². The third kappa shape index (κ3) is 5.11. The predicted octanol–water partition coefficient (Wildman–Crippen LogP) is 2.59. The Kier molecular flexibility index (Phi) is 7.07. The first-order chi connectivity index (χ1) is 15.5. The molecule has 2 aliphatic rings. The van der Waals surface area contributed by atoms with Crippen molar-refractivity contribution in [1.82, 2.24) is 10.2 Å². The van der Waals surface area contributed by atoms with Gasteiger partial charge in [-0.1, -0.05) is 30.3 Å². The number of anilines is 1. The molecule has 0 aromatic heterocycles. The van der Waals surface area contributed by atoms with Crippen LogP contribution in [-0.4, -0.2) is 66.4 Å². The number of nitrogens with one attached hydrogen (secondary N) is 1. The van der Waals surface area contributed by atoms with Gasteiger partial charge >= 0.3 is 0 Å². The molecule has 2 aromatic carbocycles. The Morgan fingerprint density at radius 3 is 2.59 bits per heavy atom. The van der Waals surface area contributed by atoms with Crippen LogP contribution in [0, 0.1) is 5.82 Å². The van der Waals surface area contributed by atoms with Crippen LogP contribution in [0.5, 0.6) is 5.75 Å². The number of rotatable bonds is 7. The zero-order valence-electron chi connectivity index (χ0n) is 18.1. The topological polar surface area (TPSA) is 65.0 Å². The summed E-state index contributed by atoms with van der Waals surface area (Å²) in [5, 5.41) is 14.2. The van der Waals surface area contributed by atoms with E-state index < -0.39 is 12.2 Å². The fourth-order valence-corrected chi connectivity index (χ4v) is 4.75.